The van der Waals surface area contributed by atoms with E-state index in [9.17, 15) is 9.59 Å². The predicted octanol–water partition coefficient (Wildman–Crippen LogP) is 5.12. The van der Waals surface area contributed by atoms with Crippen molar-refractivity contribution >= 4 is 16.9 Å². The van der Waals surface area contributed by atoms with E-state index in [4.69, 9.17) is 32.8 Å². The van der Waals surface area contributed by atoms with Crippen LogP contribution in [0, 0.1) is 0 Å². The molecule has 244 valence electrons. The number of nitrogens with zero attached hydrogens (tertiary/aromatic N) is 2. The zero-order valence-electron chi connectivity index (χ0n) is 26.9. The summed E-state index contributed by atoms with van der Waals surface area (Å²) in [6.07, 6.45) is 1.56. The molecule has 0 bridgehead atoms. The van der Waals surface area contributed by atoms with Crippen molar-refractivity contribution in [3.8, 4) is 45.8 Å². The third-order valence-corrected chi connectivity index (χ3v) is 8.07. The van der Waals surface area contributed by atoms with Gasteiger partial charge in [-0.25, -0.2) is 0 Å². The van der Waals surface area contributed by atoms with Crippen LogP contribution in [0.15, 0.2) is 63.8 Å². The highest BCUT2D eigenvalue weighted by Crippen LogP contribution is 2.44. The van der Waals surface area contributed by atoms with E-state index >= 15 is 0 Å². The molecular formula is C35H40N2O9. The second-order valence-electron chi connectivity index (χ2n) is 10.8. The maximum Gasteiger partial charge on any atom is 0.253 e. The third kappa shape index (κ3) is 6.84. The number of rotatable bonds is 13. The molecule has 1 fully saturated rings. The Morgan fingerprint density at radius 3 is 2.04 bits per heavy atom. The minimum atomic E-state index is -0.372. The van der Waals surface area contributed by atoms with E-state index in [1.165, 1.54) is 35.5 Å². The van der Waals surface area contributed by atoms with Gasteiger partial charge in [0.05, 0.1) is 42.2 Å². The Morgan fingerprint density at radius 1 is 0.761 bits per heavy atom. The molecule has 0 radical (unpaired) electrons. The topological polar surface area (TPSA) is 109 Å². The summed E-state index contributed by atoms with van der Waals surface area (Å²) in [5.41, 5.74) is 1.13. The molecule has 1 saturated heterocycles. The molecule has 11 nitrogen and oxygen atoms in total. The lowest BCUT2D eigenvalue weighted by Gasteiger charge is -2.34. The summed E-state index contributed by atoms with van der Waals surface area (Å²) < 4.78 is 40.1. The average Bonchev–Trinajstić information content (AvgIpc) is 3.11. The molecule has 0 aliphatic carbocycles. The smallest absolute Gasteiger partial charge is 0.253 e. The second-order valence-corrected chi connectivity index (χ2v) is 10.8. The van der Waals surface area contributed by atoms with Gasteiger partial charge in [0.25, 0.3) is 5.91 Å². The van der Waals surface area contributed by atoms with Crippen LogP contribution in [0.2, 0.25) is 0 Å². The van der Waals surface area contributed by atoms with Crippen molar-refractivity contribution in [2.75, 3.05) is 74.9 Å². The number of benzene rings is 3. The third-order valence-electron chi connectivity index (χ3n) is 8.07. The van der Waals surface area contributed by atoms with Crippen LogP contribution in [0.3, 0.4) is 0 Å². The summed E-state index contributed by atoms with van der Waals surface area (Å²) in [6.45, 7) is 4.14. The highest BCUT2D eigenvalue weighted by molar-refractivity contribution is 5.94. The largest absolute Gasteiger partial charge is 0.496 e. The Kier molecular flexibility index (Phi) is 10.5. The number of carbonyl (C=O) groups excluding carboxylic acids is 1. The Labute approximate surface area is 268 Å². The summed E-state index contributed by atoms with van der Waals surface area (Å²) in [4.78, 5) is 31.0. The molecule has 0 saturated carbocycles. The van der Waals surface area contributed by atoms with Crippen LogP contribution in [0.1, 0.15) is 23.2 Å². The van der Waals surface area contributed by atoms with Crippen LogP contribution in [-0.4, -0.2) is 90.6 Å². The van der Waals surface area contributed by atoms with Crippen molar-refractivity contribution in [1.82, 2.24) is 9.80 Å². The number of fused-ring (bicyclic) bond motifs is 1. The molecule has 11 heteroatoms. The molecule has 1 aliphatic rings. The van der Waals surface area contributed by atoms with Gasteiger partial charge in [-0.1, -0.05) is 18.2 Å². The summed E-state index contributed by atoms with van der Waals surface area (Å²) >= 11 is 0. The lowest BCUT2D eigenvalue weighted by molar-refractivity contribution is 0.0634. The van der Waals surface area contributed by atoms with Gasteiger partial charge in [-0.3, -0.25) is 14.5 Å². The van der Waals surface area contributed by atoms with Crippen molar-refractivity contribution in [3.63, 3.8) is 0 Å². The molecule has 0 spiro atoms. The fourth-order valence-corrected chi connectivity index (χ4v) is 5.60. The number of methoxy groups -OCH3 is 5. The first-order valence-corrected chi connectivity index (χ1v) is 15.1. The summed E-state index contributed by atoms with van der Waals surface area (Å²) in [5, 5.41) is 0.248. The van der Waals surface area contributed by atoms with Crippen LogP contribution in [0.4, 0.5) is 0 Å². The lowest BCUT2D eigenvalue weighted by Crippen LogP contribution is -2.48. The van der Waals surface area contributed by atoms with Gasteiger partial charge in [0.1, 0.15) is 22.5 Å². The van der Waals surface area contributed by atoms with Crippen molar-refractivity contribution < 1.29 is 37.6 Å². The van der Waals surface area contributed by atoms with E-state index in [1.54, 1.807) is 24.3 Å². The molecule has 1 aromatic heterocycles. The van der Waals surface area contributed by atoms with Gasteiger partial charge in [-0.15, -0.1) is 0 Å². The van der Waals surface area contributed by atoms with Crippen molar-refractivity contribution in [2.24, 2.45) is 0 Å². The molecule has 5 rings (SSSR count). The molecule has 0 atom stereocenters. The van der Waals surface area contributed by atoms with E-state index in [1.807, 2.05) is 35.2 Å². The van der Waals surface area contributed by atoms with Crippen molar-refractivity contribution in [2.45, 2.75) is 12.8 Å². The number of ether oxygens (including phenoxy) is 6. The Bertz CT molecular complexity index is 1690. The lowest BCUT2D eigenvalue weighted by atomic mass is 10.1. The molecular weight excluding hydrogens is 592 g/mol. The van der Waals surface area contributed by atoms with Crippen molar-refractivity contribution in [1.29, 1.82) is 0 Å². The Balaban J connectivity index is 1.33. The minimum Gasteiger partial charge on any atom is -0.496 e. The quantitative estimate of drug-likeness (QED) is 0.184. The maximum atomic E-state index is 14.0. The van der Waals surface area contributed by atoms with Crippen LogP contribution in [0.5, 0.6) is 34.5 Å². The van der Waals surface area contributed by atoms with Crippen LogP contribution in [-0.2, 0) is 0 Å². The average molecular weight is 633 g/mol. The monoisotopic (exact) mass is 632 g/mol. The number of amides is 1. The molecule has 0 N–H and O–H groups in total. The standard InChI is InChI=1S/C35H40N2O9/c1-40-25-21-26(41-2)30-27(22-25)46-32(24-19-28(42-3)33(44-5)29(20-24)43-4)34(31(30)38)45-18-10-9-13-36-14-16-37(17-15-36)35(39)23-11-7-6-8-12-23/h6-8,11-12,19-22H,9-10,13-18H2,1-5H3. The van der Waals surface area contributed by atoms with Gasteiger partial charge in [0.15, 0.2) is 17.3 Å². The second kappa shape index (κ2) is 14.9. The zero-order valence-corrected chi connectivity index (χ0v) is 26.9. The zero-order chi connectivity index (χ0) is 32.6. The van der Waals surface area contributed by atoms with Crippen molar-refractivity contribution in [3.05, 3.63) is 70.4 Å². The van der Waals surface area contributed by atoms with Gasteiger partial charge in [-0.2, -0.15) is 0 Å². The summed E-state index contributed by atoms with van der Waals surface area (Å²) in [7, 11) is 7.57. The number of hydrogen-bond donors (Lipinski definition) is 0. The molecule has 0 unspecified atom stereocenters. The van der Waals surface area contributed by atoms with Gasteiger partial charge >= 0.3 is 0 Å². The molecule has 1 aliphatic heterocycles. The SMILES string of the molecule is COc1cc(OC)c2c(=O)c(OCCCCN3CCN(C(=O)c4ccccc4)CC3)c(-c3cc(OC)c(OC)c(OC)c3)oc2c1. The number of piperazine rings is 1. The number of hydrogen-bond acceptors (Lipinski definition) is 10. The molecule has 46 heavy (non-hydrogen) atoms. The number of unbranched alkanes of at least 4 members (excludes halogenated alkanes) is 1. The van der Waals surface area contributed by atoms with E-state index in [-0.39, 0.29) is 33.8 Å². The fraction of sp³-hybridized carbons (Fsp3) is 0.371. The van der Waals surface area contributed by atoms with Crippen LogP contribution < -0.4 is 33.8 Å². The maximum absolute atomic E-state index is 14.0. The highest BCUT2D eigenvalue weighted by Gasteiger charge is 2.25. The molecule has 3 aromatic carbocycles. The van der Waals surface area contributed by atoms with Gasteiger partial charge in [0.2, 0.25) is 16.9 Å². The van der Waals surface area contributed by atoms with E-state index in [0.29, 0.717) is 66.0 Å². The first-order valence-electron chi connectivity index (χ1n) is 15.1. The minimum absolute atomic E-state index is 0.0540. The first kappa shape index (κ1) is 32.5. The Morgan fingerprint density at radius 2 is 1.43 bits per heavy atom. The van der Waals surface area contributed by atoms with Gasteiger partial charge < -0.3 is 37.7 Å². The first-order chi connectivity index (χ1) is 22.4. The highest BCUT2D eigenvalue weighted by atomic mass is 16.5. The molecule has 2 heterocycles. The van der Waals surface area contributed by atoms with Crippen LogP contribution >= 0.6 is 0 Å². The predicted molar refractivity (Wildman–Crippen MR) is 174 cm³/mol. The fourth-order valence-electron chi connectivity index (χ4n) is 5.60. The number of carbonyl (C=O) groups is 1. The van der Waals surface area contributed by atoms with Gasteiger partial charge in [-0.05, 0) is 43.7 Å². The summed E-state index contributed by atoms with van der Waals surface area (Å²) in [5.74, 6) is 2.34. The van der Waals surface area contributed by atoms with E-state index < -0.39 is 0 Å². The normalized spacial score (nSPS) is 13.4. The molecule has 1 amide bonds. The van der Waals surface area contributed by atoms with Gasteiger partial charge in [0, 0.05) is 49.4 Å². The van der Waals surface area contributed by atoms with E-state index in [0.717, 1.165) is 26.1 Å². The van der Waals surface area contributed by atoms with E-state index in [2.05, 4.69) is 4.90 Å². The Hall–Kier alpha value is -4.90. The van der Waals surface area contributed by atoms with Crippen LogP contribution in [0.25, 0.3) is 22.3 Å². The summed E-state index contributed by atoms with van der Waals surface area (Å²) in [6, 6.07) is 16.1. The molecule has 4 aromatic rings.